The van der Waals surface area contributed by atoms with Crippen molar-refractivity contribution in [2.24, 2.45) is 5.84 Å². The number of hydrogen-bond acceptors (Lipinski definition) is 3. The third-order valence-electron chi connectivity index (χ3n) is 3.32. The Balaban J connectivity index is 2.66. The number of aryl methyl sites for hydroxylation is 1. The van der Waals surface area contributed by atoms with Crippen molar-refractivity contribution in [3.05, 3.63) is 51.3 Å². The smallest absolute Gasteiger partial charge is 0.134 e. The Morgan fingerprint density at radius 1 is 1.33 bits per heavy atom. The molecule has 0 radical (unpaired) electrons. The standard InChI is InChI=1S/C14H17BrF2N4/c1-7(2)21-14(9(15)6-19-21)13(20-18)11-10(16)5-4-8(3)12(11)17/h4-7,13,20H,18H2,1-3H3. The van der Waals surface area contributed by atoms with Gasteiger partial charge in [0.25, 0.3) is 0 Å². The van der Waals surface area contributed by atoms with Crippen molar-refractivity contribution in [2.75, 3.05) is 0 Å². The highest BCUT2D eigenvalue weighted by atomic mass is 79.9. The maximum atomic E-state index is 14.4. The van der Waals surface area contributed by atoms with E-state index in [0.29, 0.717) is 15.7 Å². The van der Waals surface area contributed by atoms with Crippen LogP contribution in [0.5, 0.6) is 0 Å². The fourth-order valence-corrected chi connectivity index (χ4v) is 2.78. The normalized spacial score (nSPS) is 13.0. The van der Waals surface area contributed by atoms with Crippen LogP contribution in [0.3, 0.4) is 0 Å². The van der Waals surface area contributed by atoms with Gasteiger partial charge in [0, 0.05) is 11.6 Å². The molecule has 21 heavy (non-hydrogen) atoms. The number of aromatic nitrogens is 2. The van der Waals surface area contributed by atoms with Crippen LogP contribution in [0.25, 0.3) is 0 Å². The van der Waals surface area contributed by atoms with Gasteiger partial charge in [-0.2, -0.15) is 5.10 Å². The lowest BCUT2D eigenvalue weighted by Gasteiger charge is -2.22. The molecular weight excluding hydrogens is 342 g/mol. The van der Waals surface area contributed by atoms with Crippen molar-refractivity contribution in [3.63, 3.8) is 0 Å². The number of rotatable bonds is 4. The zero-order valence-electron chi connectivity index (χ0n) is 12.0. The predicted octanol–water partition coefficient (Wildman–Crippen LogP) is 3.37. The lowest BCUT2D eigenvalue weighted by atomic mass is 10.00. The van der Waals surface area contributed by atoms with Crippen LogP contribution in [0.15, 0.2) is 22.8 Å². The first-order valence-corrected chi connectivity index (χ1v) is 7.31. The highest BCUT2D eigenvalue weighted by Crippen LogP contribution is 2.33. The van der Waals surface area contributed by atoms with E-state index in [0.717, 1.165) is 0 Å². The van der Waals surface area contributed by atoms with Gasteiger partial charge < -0.3 is 0 Å². The van der Waals surface area contributed by atoms with Gasteiger partial charge in [-0.3, -0.25) is 10.5 Å². The summed E-state index contributed by atoms with van der Waals surface area (Å²) < 4.78 is 30.8. The molecule has 1 unspecified atom stereocenters. The van der Waals surface area contributed by atoms with Crippen molar-refractivity contribution in [1.82, 2.24) is 15.2 Å². The van der Waals surface area contributed by atoms with Crippen molar-refractivity contribution in [1.29, 1.82) is 0 Å². The molecule has 0 aliphatic rings. The van der Waals surface area contributed by atoms with Crippen molar-refractivity contribution >= 4 is 15.9 Å². The van der Waals surface area contributed by atoms with Gasteiger partial charge in [-0.1, -0.05) is 6.07 Å². The van der Waals surface area contributed by atoms with Crippen LogP contribution in [-0.4, -0.2) is 9.78 Å². The largest absolute Gasteiger partial charge is 0.271 e. The Hall–Kier alpha value is -1.31. The van der Waals surface area contributed by atoms with Gasteiger partial charge in [0.2, 0.25) is 0 Å². The Kier molecular flexibility index (Phi) is 4.75. The minimum Gasteiger partial charge on any atom is -0.271 e. The van der Waals surface area contributed by atoms with Crippen LogP contribution in [0.1, 0.15) is 42.8 Å². The molecule has 1 heterocycles. The second-order valence-corrected chi connectivity index (χ2v) is 5.96. The van der Waals surface area contributed by atoms with Crippen molar-refractivity contribution in [2.45, 2.75) is 32.9 Å². The average molecular weight is 359 g/mol. The first-order valence-electron chi connectivity index (χ1n) is 6.52. The quantitative estimate of drug-likeness (QED) is 0.650. The summed E-state index contributed by atoms with van der Waals surface area (Å²) in [7, 11) is 0. The van der Waals surface area contributed by atoms with E-state index in [1.807, 2.05) is 13.8 Å². The van der Waals surface area contributed by atoms with E-state index < -0.39 is 17.7 Å². The summed E-state index contributed by atoms with van der Waals surface area (Å²) >= 11 is 3.37. The molecule has 3 N–H and O–H groups in total. The van der Waals surface area contributed by atoms with Crippen LogP contribution in [0.4, 0.5) is 8.78 Å². The molecule has 0 fully saturated rings. The average Bonchev–Trinajstić information content (AvgIpc) is 2.81. The molecule has 0 spiro atoms. The Bertz CT molecular complexity index is 655. The van der Waals surface area contributed by atoms with Gasteiger partial charge in [0.05, 0.1) is 22.4 Å². The van der Waals surface area contributed by atoms with Crippen LogP contribution < -0.4 is 11.3 Å². The van der Waals surface area contributed by atoms with Crippen LogP contribution in [0.2, 0.25) is 0 Å². The van der Waals surface area contributed by atoms with Gasteiger partial charge >= 0.3 is 0 Å². The molecule has 7 heteroatoms. The van der Waals surface area contributed by atoms with E-state index in [-0.39, 0.29) is 11.6 Å². The zero-order valence-corrected chi connectivity index (χ0v) is 13.6. The second-order valence-electron chi connectivity index (χ2n) is 5.11. The van der Waals surface area contributed by atoms with Gasteiger partial charge in [0.15, 0.2) is 0 Å². The molecular formula is C14H17BrF2N4. The number of hydrogen-bond donors (Lipinski definition) is 2. The summed E-state index contributed by atoms with van der Waals surface area (Å²) in [4.78, 5) is 0. The first kappa shape index (κ1) is 16.1. The maximum Gasteiger partial charge on any atom is 0.134 e. The van der Waals surface area contributed by atoms with Crippen molar-refractivity contribution in [3.8, 4) is 0 Å². The van der Waals surface area contributed by atoms with E-state index in [1.165, 1.54) is 12.1 Å². The molecule has 0 amide bonds. The predicted molar refractivity (Wildman–Crippen MR) is 80.6 cm³/mol. The summed E-state index contributed by atoms with van der Waals surface area (Å²) in [6, 6.07) is 1.82. The van der Waals surface area contributed by atoms with Gasteiger partial charge in [-0.15, -0.1) is 0 Å². The monoisotopic (exact) mass is 358 g/mol. The number of nitrogens with two attached hydrogens (primary N) is 1. The minimum absolute atomic E-state index is 0.0260. The summed E-state index contributed by atoms with van der Waals surface area (Å²) in [5.74, 6) is 4.32. The molecule has 1 aromatic carbocycles. The maximum absolute atomic E-state index is 14.4. The molecule has 4 nitrogen and oxygen atoms in total. The zero-order chi connectivity index (χ0) is 15.7. The third-order valence-corrected chi connectivity index (χ3v) is 3.94. The fourth-order valence-electron chi connectivity index (χ4n) is 2.27. The third kappa shape index (κ3) is 2.86. The summed E-state index contributed by atoms with van der Waals surface area (Å²) in [6.45, 7) is 5.44. The topological polar surface area (TPSA) is 55.9 Å². The highest BCUT2D eigenvalue weighted by molar-refractivity contribution is 9.10. The highest BCUT2D eigenvalue weighted by Gasteiger charge is 2.28. The summed E-state index contributed by atoms with van der Waals surface area (Å²) in [6.07, 6.45) is 1.59. The van der Waals surface area contributed by atoms with E-state index in [4.69, 9.17) is 5.84 Å². The number of nitrogens with zero attached hydrogens (tertiary/aromatic N) is 2. The summed E-state index contributed by atoms with van der Waals surface area (Å²) in [5, 5.41) is 4.22. The van der Waals surface area contributed by atoms with Crippen LogP contribution >= 0.6 is 15.9 Å². The summed E-state index contributed by atoms with van der Waals surface area (Å²) in [5.41, 5.74) is 3.32. The number of hydrazine groups is 1. The van der Waals surface area contributed by atoms with E-state index in [2.05, 4.69) is 26.5 Å². The molecule has 2 aromatic rings. The van der Waals surface area contributed by atoms with Gasteiger partial charge in [0.1, 0.15) is 11.6 Å². The second kappa shape index (κ2) is 6.21. The molecule has 0 saturated carbocycles. The number of halogens is 3. The van der Waals surface area contributed by atoms with E-state index in [9.17, 15) is 8.78 Å². The van der Waals surface area contributed by atoms with E-state index in [1.54, 1.807) is 17.8 Å². The Labute approximate surface area is 130 Å². The molecule has 2 rings (SSSR count). The molecule has 0 bridgehead atoms. The molecule has 0 aliphatic heterocycles. The Morgan fingerprint density at radius 2 is 2.00 bits per heavy atom. The van der Waals surface area contributed by atoms with Crippen LogP contribution in [0, 0.1) is 18.6 Å². The number of nitrogens with one attached hydrogen (secondary N) is 1. The lowest BCUT2D eigenvalue weighted by molar-refractivity contribution is 0.450. The SMILES string of the molecule is Cc1ccc(F)c(C(NN)c2c(Br)cnn2C(C)C)c1F. The molecule has 1 aromatic heterocycles. The first-order chi connectivity index (χ1) is 9.88. The van der Waals surface area contributed by atoms with Gasteiger partial charge in [-0.25, -0.2) is 14.2 Å². The molecule has 0 aliphatic carbocycles. The van der Waals surface area contributed by atoms with Gasteiger partial charge in [-0.05, 0) is 48.3 Å². The minimum atomic E-state index is -0.843. The lowest BCUT2D eigenvalue weighted by Crippen LogP contribution is -2.33. The van der Waals surface area contributed by atoms with Crippen LogP contribution in [-0.2, 0) is 0 Å². The van der Waals surface area contributed by atoms with Crippen molar-refractivity contribution < 1.29 is 8.78 Å². The molecule has 114 valence electrons. The van der Waals surface area contributed by atoms with E-state index >= 15 is 0 Å². The Morgan fingerprint density at radius 3 is 2.57 bits per heavy atom. The fraction of sp³-hybridized carbons (Fsp3) is 0.357. The molecule has 1 atom stereocenters. The molecule has 0 saturated heterocycles. The number of benzene rings is 1.